The van der Waals surface area contributed by atoms with E-state index in [1.165, 1.54) is 0 Å². The van der Waals surface area contributed by atoms with E-state index in [0.717, 1.165) is 8.47 Å². The molecule has 0 radical (unpaired) electrons. The molecule has 0 N–H and O–H groups in total. The minimum Gasteiger partial charge on any atom is -0.108 e. The molecule has 0 saturated carbocycles. The smallest absolute Gasteiger partial charge is 0.108 e. The largest absolute Gasteiger partial charge is 0.110 e. The lowest BCUT2D eigenvalue weighted by Gasteiger charge is -1.98. The summed E-state index contributed by atoms with van der Waals surface area (Å²) in [5.74, 6) is 0. The van der Waals surface area contributed by atoms with Crippen molar-refractivity contribution in [3.05, 3.63) is 8.47 Å². The molecule has 4 unspecified atom stereocenters. The van der Waals surface area contributed by atoms with Crippen LogP contribution in [0.5, 0.6) is 0 Å². The van der Waals surface area contributed by atoms with Gasteiger partial charge in [-0.05, 0) is 0 Å². The van der Waals surface area contributed by atoms with E-state index in [4.69, 9.17) is 46.4 Å². The van der Waals surface area contributed by atoms with Gasteiger partial charge in [-0.3, -0.25) is 0 Å². The van der Waals surface area contributed by atoms with Crippen molar-refractivity contribution in [2.75, 3.05) is 0 Å². The summed E-state index contributed by atoms with van der Waals surface area (Å²) in [4.78, 5) is 0. The van der Waals surface area contributed by atoms with Crippen LogP contribution in [-0.4, -0.2) is 18.8 Å². The van der Waals surface area contributed by atoms with Gasteiger partial charge in [0, 0.05) is 0 Å². The van der Waals surface area contributed by atoms with E-state index >= 15 is 0 Å². The maximum atomic E-state index is 6.00. The first kappa shape index (κ1) is 12.7. The molecule has 2 aliphatic rings. The Morgan fingerprint density at radius 3 is 1.00 bits per heavy atom. The van der Waals surface area contributed by atoms with Crippen LogP contribution in [0.4, 0.5) is 0 Å². The van der Waals surface area contributed by atoms with Crippen LogP contribution >= 0.6 is 93.5 Å². The van der Waals surface area contributed by atoms with Crippen LogP contribution in [0, 0.1) is 0 Å². The SMILES string of the molecule is ClC1SC(=C2SC(Cl)C(Cl)S2)SC1Cl. The van der Waals surface area contributed by atoms with E-state index in [1.807, 2.05) is 0 Å². The van der Waals surface area contributed by atoms with Gasteiger partial charge >= 0.3 is 0 Å². The first-order chi connectivity index (χ1) is 6.58. The lowest BCUT2D eigenvalue weighted by Crippen LogP contribution is -1.96. The van der Waals surface area contributed by atoms with Crippen LogP contribution < -0.4 is 0 Å². The molecule has 0 bridgehead atoms. The third-order valence-electron chi connectivity index (χ3n) is 1.46. The Balaban J connectivity index is 2.11. The van der Waals surface area contributed by atoms with E-state index in [-0.39, 0.29) is 18.8 Å². The maximum Gasteiger partial charge on any atom is 0.110 e. The Labute approximate surface area is 120 Å². The molecule has 80 valence electrons. The first-order valence-electron chi connectivity index (χ1n) is 3.55. The number of thioether (sulfide) groups is 4. The Hall–Kier alpha value is 2.30. The van der Waals surface area contributed by atoms with Crippen molar-refractivity contribution in [3.63, 3.8) is 0 Å². The molecule has 0 aromatic rings. The van der Waals surface area contributed by atoms with Gasteiger partial charge in [-0.2, -0.15) is 0 Å². The van der Waals surface area contributed by atoms with Crippen molar-refractivity contribution in [3.8, 4) is 0 Å². The fourth-order valence-corrected chi connectivity index (χ4v) is 8.33. The van der Waals surface area contributed by atoms with E-state index < -0.39 is 0 Å². The number of hydrogen-bond acceptors (Lipinski definition) is 4. The summed E-state index contributed by atoms with van der Waals surface area (Å²) in [6.07, 6.45) is 0. The standard InChI is InChI=1S/C6H4Cl4S4/c7-1-2(8)12-5(11-1)6-13-3(9)4(10)14-6/h1-4H. The predicted molar refractivity (Wildman–Crippen MR) is 76.0 cm³/mol. The second kappa shape index (κ2) is 5.30. The summed E-state index contributed by atoms with van der Waals surface area (Å²) < 4.78 is 2.08. The summed E-state index contributed by atoms with van der Waals surface area (Å²) in [7, 11) is 0. The number of halogens is 4. The highest BCUT2D eigenvalue weighted by Gasteiger charge is 2.37. The summed E-state index contributed by atoms with van der Waals surface area (Å²) in [5, 5.41) is 0. The topological polar surface area (TPSA) is 0 Å². The summed E-state index contributed by atoms with van der Waals surface area (Å²) >= 11 is 30.4. The second-order valence-electron chi connectivity index (χ2n) is 2.45. The molecule has 0 aromatic heterocycles. The lowest BCUT2D eigenvalue weighted by atomic mass is 10.9. The molecule has 2 aliphatic heterocycles. The maximum absolute atomic E-state index is 6.00. The molecule has 2 fully saturated rings. The van der Waals surface area contributed by atoms with E-state index in [1.54, 1.807) is 47.0 Å². The van der Waals surface area contributed by atoms with Crippen molar-refractivity contribution in [2.45, 2.75) is 18.8 Å². The molecule has 0 aromatic carbocycles. The minimum absolute atomic E-state index is 0.0616. The highest BCUT2D eigenvalue weighted by molar-refractivity contribution is 8.32. The molecule has 8 heteroatoms. The van der Waals surface area contributed by atoms with Crippen molar-refractivity contribution in [2.24, 2.45) is 0 Å². The highest BCUT2D eigenvalue weighted by Crippen LogP contribution is 2.60. The van der Waals surface area contributed by atoms with E-state index in [0.29, 0.717) is 0 Å². The molecular formula is C6H4Cl4S4. The highest BCUT2D eigenvalue weighted by atomic mass is 35.5. The van der Waals surface area contributed by atoms with Crippen LogP contribution in [0.15, 0.2) is 8.47 Å². The molecule has 0 nitrogen and oxygen atoms in total. The normalized spacial score (nSPS) is 43.7. The molecule has 0 aliphatic carbocycles. The molecular weight excluding hydrogens is 342 g/mol. The molecule has 4 atom stereocenters. The molecule has 2 saturated heterocycles. The lowest BCUT2D eigenvalue weighted by molar-refractivity contribution is 1.35. The van der Waals surface area contributed by atoms with Crippen molar-refractivity contribution < 1.29 is 0 Å². The van der Waals surface area contributed by atoms with Gasteiger partial charge in [0.15, 0.2) is 0 Å². The average molecular weight is 346 g/mol. The zero-order valence-corrected chi connectivity index (χ0v) is 12.7. The number of rotatable bonds is 0. The summed E-state index contributed by atoms with van der Waals surface area (Å²) in [6, 6.07) is 0. The third-order valence-corrected chi connectivity index (χ3v) is 10.1. The van der Waals surface area contributed by atoms with Gasteiger partial charge in [0.05, 0.1) is 8.47 Å². The Morgan fingerprint density at radius 2 is 0.786 bits per heavy atom. The van der Waals surface area contributed by atoms with Crippen LogP contribution in [0.1, 0.15) is 0 Å². The molecule has 0 amide bonds. The van der Waals surface area contributed by atoms with E-state index in [9.17, 15) is 0 Å². The van der Waals surface area contributed by atoms with E-state index in [2.05, 4.69) is 0 Å². The predicted octanol–water partition coefficient (Wildman–Crippen LogP) is 5.33. The van der Waals surface area contributed by atoms with Crippen LogP contribution in [0.2, 0.25) is 0 Å². The van der Waals surface area contributed by atoms with Gasteiger partial charge in [0.1, 0.15) is 18.8 Å². The fraction of sp³-hybridized carbons (Fsp3) is 0.667. The monoisotopic (exact) mass is 344 g/mol. The van der Waals surface area contributed by atoms with Gasteiger partial charge in [-0.25, -0.2) is 0 Å². The van der Waals surface area contributed by atoms with Crippen molar-refractivity contribution in [1.82, 2.24) is 0 Å². The molecule has 0 spiro atoms. The minimum atomic E-state index is -0.0616. The zero-order chi connectivity index (χ0) is 10.3. The first-order valence-corrected chi connectivity index (χ1v) is 8.81. The quantitative estimate of drug-likeness (QED) is 0.543. The van der Waals surface area contributed by atoms with Gasteiger partial charge in [0.2, 0.25) is 0 Å². The fourth-order valence-electron chi connectivity index (χ4n) is 0.871. The number of alkyl halides is 4. The van der Waals surface area contributed by atoms with Crippen LogP contribution in [-0.2, 0) is 0 Å². The molecule has 2 heterocycles. The van der Waals surface area contributed by atoms with Crippen LogP contribution in [0.25, 0.3) is 0 Å². The molecule has 14 heavy (non-hydrogen) atoms. The second-order valence-corrected chi connectivity index (χ2v) is 10.5. The molecule has 2 rings (SSSR count). The van der Waals surface area contributed by atoms with Gasteiger partial charge in [-0.15, -0.1) is 46.4 Å². The van der Waals surface area contributed by atoms with Crippen molar-refractivity contribution in [1.29, 1.82) is 0 Å². The summed E-state index contributed by atoms with van der Waals surface area (Å²) in [6.45, 7) is 0. The Kier molecular flexibility index (Phi) is 4.83. The summed E-state index contributed by atoms with van der Waals surface area (Å²) in [5.41, 5.74) is 0. The Bertz CT molecular complexity index is 221. The number of hydrogen-bond donors (Lipinski definition) is 0. The Morgan fingerprint density at radius 1 is 0.571 bits per heavy atom. The zero-order valence-electron chi connectivity index (χ0n) is 6.45. The third kappa shape index (κ3) is 2.76. The van der Waals surface area contributed by atoms with Gasteiger partial charge < -0.3 is 0 Å². The average Bonchev–Trinajstić information content (AvgIpc) is 2.60. The van der Waals surface area contributed by atoms with Gasteiger partial charge in [0.25, 0.3) is 0 Å². The van der Waals surface area contributed by atoms with Gasteiger partial charge in [-0.1, -0.05) is 47.0 Å². The van der Waals surface area contributed by atoms with Crippen molar-refractivity contribution >= 4 is 93.5 Å². The van der Waals surface area contributed by atoms with Crippen LogP contribution in [0.3, 0.4) is 0 Å².